The van der Waals surface area contributed by atoms with Gasteiger partial charge in [-0.3, -0.25) is 14.3 Å². The average Bonchev–Trinajstić information content (AvgIpc) is 3.24. The topological polar surface area (TPSA) is 133 Å². The summed E-state index contributed by atoms with van der Waals surface area (Å²) in [4.78, 5) is 22.5. The Balaban J connectivity index is 1.81. The Morgan fingerprint density at radius 3 is 2.90 bits per heavy atom. The van der Waals surface area contributed by atoms with Crippen molar-refractivity contribution in [1.29, 1.82) is 5.26 Å². The highest BCUT2D eigenvalue weighted by atomic mass is 35.5. The molecule has 3 rings (SSSR count). The molecule has 0 bridgehead atoms. The van der Waals surface area contributed by atoms with Gasteiger partial charge in [-0.2, -0.15) is 15.5 Å². The van der Waals surface area contributed by atoms with Crippen molar-refractivity contribution in [2.75, 3.05) is 0 Å². The Bertz CT molecular complexity index is 1030. The highest BCUT2D eigenvalue weighted by Crippen LogP contribution is 2.24. The predicted molar refractivity (Wildman–Crippen MR) is 110 cm³/mol. The maximum Gasteiger partial charge on any atom is 0.305 e. The van der Waals surface area contributed by atoms with Gasteiger partial charge in [-0.15, -0.1) is 5.10 Å². The molecule has 148 valence electrons. The number of carboxylic acids is 1. The Labute approximate surface area is 175 Å². The molecule has 1 atom stereocenters. The average molecular weight is 431 g/mol. The molecule has 0 saturated carbocycles. The van der Waals surface area contributed by atoms with Crippen LogP contribution in [0.2, 0.25) is 5.02 Å². The lowest BCUT2D eigenvalue weighted by atomic mass is 10.1. The Morgan fingerprint density at radius 2 is 2.21 bits per heavy atom. The third-order valence-electron chi connectivity index (χ3n) is 3.84. The summed E-state index contributed by atoms with van der Waals surface area (Å²) in [7, 11) is 0. The normalized spacial score (nSPS) is 17.6. The lowest BCUT2D eigenvalue weighted by Gasteiger charge is -1.99. The molecule has 1 fully saturated rings. The minimum atomic E-state index is -1.06. The van der Waals surface area contributed by atoms with Crippen molar-refractivity contribution in [2.45, 2.75) is 24.6 Å². The van der Waals surface area contributed by atoms with Gasteiger partial charge in [0.05, 0.1) is 31.7 Å². The van der Waals surface area contributed by atoms with Crippen LogP contribution in [0.15, 0.2) is 40.7 Å². The molecule has 2 N–H and O–H groups in total. The van der Waals surface area contributed by atoms with E-state index >= 15 is 0 Å². The molecule has 0 aliphatic carbocycles. The summed E-state index contributed by atoms with van der Waals surface area (Å²) >= 11 is 6.97. The van der Waals surface area contributed by atoms with Crippen LogP contribution in [0.25, 0.3) is 11.3 Å². The highest BCUT2D eigenvalue weighted by Gasteiger charge is 2.32. The maximum absolute atomic E-state index is 11.7. The summed E-state index contributed by atoms with van der Waals surface area (Å²) in [6.45, 7) is 0.433. The van der Waals surface area contributed by atoms with Crippen LogP contribution in [-0.2, 0) is 16.1 Å². The Hall–Kier alpha value is -3.16. The number of aryl methyl sites for hydroxylation is 1. The number of carboxylic acid groups (broad SMARTS) is 1. The largest absolute Gasteiger partial charge is 0.481 e. The van der Waals surface area contributed by atoms with Crippen molar-refractivity contribution in [2.24, 2.45) is 10.2 Å². The minimum absolute atomic E-state index is 0.238. The number of hydrogen-bond acceptors (Lipinski definition) is 7. The number of aromatic nitrogens is 2. The molecular formula is C18H15ClN6O3S. The van der Waals surface area contributed by atoms with Crippen molar-refractivity contribution < 1.29 is 14.7 Å². The smallest absolute Gasteiger partial charge is 0.305 e. The summed E-state index contributed by atoms with van der Waals surface area (Å²) in [5.41, 5.74) is 2.14. The molecule has 2 heterocycles. The van der Waals surface area contributed by atoms with E-state index in [1.54, 1.807) is 23.0 Å². The van der Waals surface area contributed by atoms with Crippen LogP contribution in [0.4, 0.5) is 0 Å². The van der Waals surface area contributed by atoms with Crippen LogP contribution in [-0.4, -0.2) is 43.4 Å². The van der Waals surface area contributed by atoms with Crippen molar-refractivity contribution in [3.05, 3.63) is 41.0 Å². The molecule has 11 heteroatoms. The van der Waals surface area contributed by atoms with Crippen molar-refractivity contribution in [1.82, 2.24) is 15.1 Å². The number of hydrogen-bond donors (Lipinski definition) is 2. The zero-order valence-electron chi connectivity index (χ0n) is 14.9. The van der Waals surface area contributed by atoms with E-state index in [4.69, 9.17) is 22.0 Å². The van der Waals surface area contributed by atoms with Crippen LogP contribution in [0, 0.1) is 11.3 Å². The van der Waals surface area contributed by atoms with E-state index < -0.39 is 17.1 Å². The van der Waals surface area contributed by atoms with Crippen molar-refractivity contribution in [3.63, 3.8) is 0 Å². The fourth-order valence-electron chi connectivity index (χ4n) is 2.53. The Kier molecular flexibility index (Phi) is 6.64. The quantitative estimate of drug-likeness (QED) is 0.512. The van der Waals surface area contributed by atoms with E-state index in [1.165, 1.54) is 6.21 Å². The third-order valence-corrected chi connectivity index (χ3v) is 5.17. The van der Waals surface area contributed by atoms with Gasteiger partial charge in [0.1, 0.15) is 10.9 Å². The number of nitrogens with zero attached hydrogens (tertiary/aromatic N) is 5. The van der Waals surface area contributed by atoms with Crippen LogP contribution in [0.5, 0.6) is 0 Å². The van der Waals surface area contributed by atoms with Gasteiger partial charge in [-0.25, -0.2) is 0 Å². The number of carbonyl (C=O) groups excluding carboxylic acids is 1. The summed E-state index contributed by atoms with van der Waals surface area (Å²) in [6, 6.07) is 9.23. The Morgan fingerprint density at radius 1 is 1.45 bits per heavy atom. The van der Waals surface area contributed by atoms with Crippen LogP contribution in [0.3, 0.4) is 0 Å². The predicted octanol–water partition coefficient (Wildman–Crippen LogP) is 2.51. The third kappa shape index (κ3) is 5.43. The number of amides is 1. The number of halogens is 1. The first kappa shape index (κ1) is 20.6. The van der Waals surface area contributed by atoms with Gasteiger partial charge in [-0.05, 0) is 12.1 Å². The molecule has 1 aliphatic rings. The molecule has 1 amide bonds. The molecule has 2 aromatic rings. The van der Waals surface area contributed by atoms with Crippen LogP contribution < -0.4 is 5.32 Å². The van der Waals surface area contributed by atoms with E-state index in [2.05, 4.69) is 26.7 Å². The second-order valence-corrected chi connectivity index (χ2v) is 7.58. The van der Waals surface area contributed by atoms with Crippen molar-refractivity contribution >= 4 is 46.6 Å². The standard InChI is InChI=1S/C18H15ClN6O3S/c19-13-4-2-11(3-5-13)16-12(10-25(24-16)7-1-6-20)9-21-23-18-22-17(28)14(29-18)8-15(26)27/h2-5,9-10,14H,1,7-8H2,(H,26,27)(H,22,23,28). The van der Waals surface area contributed by atoms with Gasteiger partial charge < -0.3 is 10.4 Å². The number of nitriles is 1. The van der Waals surface area contributed by atoms with E-state index in [1.807, 2.05) is 12.1 Å². The number of benzene rings is 1. The molecular weight excluding hydrogens is 416 g/mol. The lowest BCUT2D eigenvalue weighted by molar-refractivity contribution is -0.138. The van der Waals surface area contributed by atoms with Crippen LogP contribution >= 0.6 is 23.4 Å². The second-order valence-electron chi connectivity index (χ2n) is 5.95. The number of nitrogens with one attached hydrogen (secondary N) is 1. The molecule has 29 heavy (non-hydrogen) atoms. The van der Waals surface area contributed by atoms with E-state index in [-0.39, 0.29) is 11.6 Å². The zero-order valence-corrected chi connectivity index (χ0v) is 16.5. The summed E-state index contributed by atoms with van der Waals surface area (Å²) in [5, 5.41) is 32.7. The molecule has 9 nitrogen and oxygen atoms in total. The number of aliphatic carboxylic acids is 1. The molecule has 1 aromatic heterocycles. The molecule has 1 aliphatic heterocycles. The summed E-state index contributed by atoms with van der Waals surface area (Å²) in [6.07, 6.45) is 3.27. The van der Waals surface area contributed by atoms with Gasteiger partial charge in [0.25, 0.3) is 0 Å². The van der Waals surface area contributed by atoms with Gasteiger partial charge in [0, 0.05) is 22.3 Å². The molecule has 1 unspecified atom stereocenters. The van der Waals surface area contributed by atoms with Crippen LogP contribution in [0.1, 0.15) is 18.4 Å². The van der Waals surface area contributed by atoms with E-state index in [0.29, 0.717) is 29.2 Å². The molecule has 0 radical (unpaired) electrons. The number of rotatable bonds is 7. The first-order chi connectivity index (χ1) is 14.0. The first-order valence-corrected chi connectivity index (χ1v) is 9.72. The summed E-state index contributed by atoms with van der Waals surface area (Å²) in [5.74, 6) is -1.46. The minimum Gasteiger partial charge on any atom is -0.481 e. The SMILES string of the molecule is N#CCCn1cc(C=NN=C2NC(=O)C(CC(=O)O)S2)c(-c2ccc(Cl)cc2)n1. The monoisotopic (exact) mass is 430 g/mol. The highest BCUT2D eigenvalue weighted by molar-refractivity contribution is 8.15. The maximum atomic E-state index is 11.7. The first-order valence-electron chi connectivity index (χ1n) is 8.47. The number of carbonyl (C=O) groups is 2. The molecule has 0 spiro atoms. The molecule has 1 saturated heterocycles. The van der Waals surface area contributed by atoms with Gasteiger partial charge >= 0.3 is 5.97 Å². The van der Waals surface area contributed by atoms with Crippen molar-refractivity contribution in [3.8, 4) is 17.3 Å². The second kappa shape index (κ2) is 9.36. The summed E-state index contributed by atoms with van der Waals surface area (Å²) < 4.78 is 1.65. The number of amidine groups is 1. The van der Waals surface area contributed by atoms with E-state index in [9.17, 15) is 9.59 Å². The van der Waals surface area contributed by atoms with Gasteiger partial charge in [0.2, 0.25) is 5.91 Å². The molecule has 1 aromatic carbocycles. The van der Waals surface area contributed by atoms with E-state index in [0.717, 1.165) is 17.3 Å². The van der Waals surface area contributed by atoms with Gasteiger partial charge in [-0.1, -0.05) is 35.5 Å². The number of thioether (sulfide) groups is 1. The zero-order chi connectivity index (χ0) is 20.8. The van der Waals surface area contributed by atoms with Gasteiger partial charge in [0.15, 0.2) is 5.17 Å². The lowest BCUT2D eigenvalue weighted by Crippen LogP contribution is -2.26. The fraction of sp³-hybridized carbons (Fsp3) is 0.222. The fourth-order valence-corrected chi connectivity index (χ4v) is 3.57.